The van der Waals surface area contributed by atoms with Gasteiger partial charge in [-0.1, -0.05) is 65.5 Å². The second kappa shape index (κ2) is 7.68. The number of aliphatic hydroxyl groups excluding tert-OH is 1. The molecule has 0 spiro atoms. The minimum absolute atomic E-state index is 0.129. The molecular formula is C21H29N3O. The quantitative estimate of drug-likeness (QED) is 0.562. The number of aliphatic hydroxyl groups is 1. The van der Waals surface area contributed by atoms with E-state index in [1.165, 1.54) is 5.57 Å². The number of hydrogen-bond donors (Lipinski definition) is 1. The van der Waals surface area contributed by atoms with E-state index in [0.717, 1.165) is 23.0 Å². The second-order valence-electron chi connectivity index (χ2n) is 7.51. The summed E-state index contributed by atoms with van der Waals surface area (Å²) < 4.78 is 0. The van der Waals surface area contributed by atoms with Crippen LogP contribution in [0.3, 0.4) is 0 Å². The molecule has 2 aromatic rings. The van der Waals surface area contributed by atoms with Gasteiger partial charge in [0.15, 0.2) is 0 Å². The van der Waals surface area contributed by atoms with Crippen LogP contribution in [0.25, 0.3) is 11.0 Å². The Hall–Kier alpha value is -2.36. The Bertz CT molecular complexity index is 773. The Morgan fingerprint density at radius 2 is 1.80 bits per heavy atom. The van der Waals surface area contributed by atoms with Crippen molar-refractivity contribution in [3.05, 3.63) is 59.9 Å². The van der Waals surface area contributed by atoms with Crippen LogP contribution in [0.5, 0.6) is 0 Å². The predicted octanol–water partition coefficient (Wildman–Crippen LogP) is 5.45. The zero-order chi connectivity index (χ0) is 18.6. The number of hydrogen-bond acceptors (Lipinski definition) is 3. The summed E-state index contributed by atoms with van der Waals surface area (Å²) in [5.41, 5.74) is 3.66. The van der Waals surface area contributed by atoms with Crippen molar-refractivity contribution in [2.24, 2.45) is 11.3 Å². The summed E-state index contributed by atoms with van der Waals surface area (Å²) >= 11 is 0. The first kappa shape index (κ1) is 19.0. The fraction of sp³-hybridized carbons (Fsp3) is 0.429. The van der Waals surface area contributed by atoms with Crippen LogP contribution in [0.15, 0.2) is 59.9 Å². The molecule has 0 saturated carbocycles. The molecule has 134 valence electrons. The minimum atomic E-state index is -0.170. The Kier molecular flexibility index (Phi) is 5.83. The summed E-state index contributed by atoms with van der Waals surface area (Å²) in [7, 11) is 0. The van der Waals surface area contributed by atoms with Crippen LogP contribution in [-0.4, -0.2) is 20.1 Å². The first-order valence-electron chi connectivity index (χ1n) is 8.82. The molecular weight excluding hydrogens is 310 g/mol. The average molecular weight is 339 g/mol. The highest BCUT2D eigenvalue weighted by Gasteiger charge is 2.20. The third kappa shape index (κ3) is 4.81. The zero-order valence-electron chi connectivity index (χ0n) is 16.0. The summed E-state index contributed by atoms with van der Waals surface area (Å²) in [6.45, 7) is 14.9. The van der Waals surface area contributed by atoms with Crippen LogP contribution in [-0.2, 0) is 6.54 Å². The van der Waals surface area contributed by atoms with Crippen molar-refractivity contribution in [1.82, 2.24) is 15.0 Å². The monoisotopic (exact) mass is 339 g/mol. The first-order chi connectivity index (χ1) is 11.7. The van der Waals surface area contributed by atoms with E-state index >= 15 is 0 Å². The van der Waals surface area contributed by atoms with Crippen LogP contribution in [0.2, 0.25) is 0 Å². The average Bonchev–Trinajstić information content (AvgIpc) is 2.95. The molecule has 1 aromatic heterocycles. The van der Waals surface area contributed by atoms with Gasteiger partial charge >= 0.3 is 0 Å². The minimum Gasteiger partial charge on any atom is -0.508 e. The Morgan fingerprint density at radius 3 is 2.24 bits per heavy atom. The fourth-order valence-corrected chi connectivity index (χ4v) is 2.71. The van der Waals surface area contributed by atoms with E-state index in [-0.39, 0.29) is 11.2 Å². The lowest BCUT2D eigenvalue weighted by atomic mass is 9.82. The van der Waals surface area contributed by atoms with Gasteiger partial charge in [0, 0.05) is 0 Å². The standard InChI is InChI=1S/C21H29N3O/c1-7-15(2)17(14-18(16(3)25)21(4,5)6)12-13-24-22-19-10-8-9-11-20(19)23-24/h8-12,14-15,25H,3,7,13H2,1-2,4-6H3/b17-12+,18-14+. The molecule has 0 saturated heterocycles. The van der Waals surface area contributed by atoms with E-state index in [2.05, 4.69) is 63.5 Å². The van der Waals surface area contributed by atoms with Gasteiger partial charge in [-0.05, 0) is 41.0 Å². The van der Waals surface area contributed by atoms with Crippen molar-refractivity contribution in [3.63, 3.8) is 0 Å². The maximum atomic E-state index is 10.0. The van der Waals surface area contributed by atoms with Gasteiger partial charge in [-0.2, -0.15) is 15.0 Å². The lowest BCUT2D eigenvalue weighted by molar-refractivity contribution is 0.380. The number of fused-ring (bicyclic) bond motifs is 1. The van der Waals surface area contributed by atoms with Gasteiger partial charge in [0.2, 0.25) is 0 Å². The summed E-state index contributed by atoms with van der Waals surface area (Å²) in [5, 5.41) is 19.0. The van der Waals surface area contributed by atoms with Gasteiger partial charge in [-0.15, -0.1) is 0 Å². The lowest BCUT2D eigenvalue weighted by Gasteiger charge is -2.24. The highest BCUT2D eigenvalue weighted by Crippen LogP contribution is 2.32. The third-order valence-electron chi connectivity index (χ3n) is 4.43. The molecule has 1 heterocycles. The SMILES string of the molecule is C=C(O)/C(=C\C(=C/Cn1nc2ccccc2n1)C(C)CC)C(C)(C)C. The molecule has 0 amide bonds. The number of aromatic nitrogens is 3. The largest absolute Gasteiger partial charge is 0.508 e. The smallest absolute Gasteiger partial charge is 0.113 e. The second-order valence-corrected chi connectivity index (χ2v) is 7.51. The number of nitrogens with zero attached hydrogens (tertiary/aromatic N) is 3. The molecule has 0 aliphatic rings. The number of rotatable bonds is 6. The summed E-state index contributed by atoms with van der Waals surface area (Å²) in [4.78, 5) is 1.71. The van der Waals surface area contributed by atoms with Gasteiger partial charge in [0.1, 0.15) is 16.8 Å². The Labute approximate surface area is 150 Å². The van der Waals surface area contributed by atoms with Crippen molar-refractivity contribution >= 4 is 11.0 Å². The lowest BCUT2D eigenvalue weighted by Crippen LogP contribution is -2.13. The molecule has 4 nitrogen and oxygen atoms in total. The molecule has 4 heteroatoms. The molecule has 0 bridgehead atoms. The summed E-state index contributed by atoms with van der Waals surface area (Å²) in [6.07, 6.45) is 5.23. The maximum Gasteiger partial charge on any atom is 0.113 e. The molecule has 1 unspecified atom stereocenters. The van der Waals surface area contributed by atoms with Crippen molar-refractivity contribution in [1.29, 1.82) is 0 Å². The van der Waals surface area contributed by atoms with E-state index in [1.54, 1.807) is 4.80 Å². The van der Waals surface area contributed by atoms with E-state index in [1.807, 2.05) is 24.3 Å². The van der Waals surface area contributed by atoms with Crippen molar-refractivity contribution < 1.29 is 5.11 Å². The van der Waals surface area contributed by atoms with Crippen LogP contribution >= 0.6 is 0 Å². The van der Waals surface area contributed by atoms with Crippen LogP contribution in [0.1, 0.15) is 41.0 Å². The molecule has 25 heavy (non-hydrogen) atoms. The molecule has 0 radical (unpaired) electrons. The van der Waals surface area contributed by atoms with Crippen LogP contribution in [0, 0.1) is 11.3 Å². The highest BCUT2D eigenvalue weighted by molar-refractivity contribution is 5.72. The molecule has 1 atom stereocenters. The molecule has 1 N–H and O–H groups in total. The highest BCUT2D eigenvalue weighted by atomic mass is 16.3. The normalized spacial score (nSPS) is 14.8. The maximum absolute atomic E-state index is 10.0. The molecule has 0 aliphatic heterocycles. The molecule has 0 aliphatic carbocycles. The van der Waals surface area contributed by atoms with Gasteiger partial charge in [0.05, 0.1) is 6.54 Å². The van der Waals surface area contributed by atoms with E-state index in [0.29, 0.717) is 12.5 Å². The first-order valence-corrected chi connectivity index (χ1v) is 8.82. The zero-order valence-corrected chi connectivity index (χ0v) is 16.0. The molecule has 1 aromatic carbocycles. The third-order valence-corrected chi connectivity index (χ3v) is 4.43. The van der Waals surface area contributed by atoms with Crippen molar-refractivity contribution in [2.45, 2.75) is 47.6 Å². The van der Waals surface area contributed by atoms with Crippen molar-refractivity contribution in [2.75, 3.05) is 0 Å². The van der Waals surface area contributed by atoms with Gasteiger partial charge < -0.3 is 5.11 Å². The summed E-state index contributed by atoms with van der Waals surface area (Å²) in [5.74, 6) is 0.506. The van der Waals surface area contributed by atoms with E-state index in [4.69, 9.17) is 0 Å². The fourth-order valence-electron chi connectivity index (χ4n) is 2.71. The summed E-state index contributed by atoms with van der Waals surface area (Å²) in [6, 6.07) is 7.86. The van der Waals surface area contributed by atoms with Gasteiger partial charge in [-0.3, -0.25) is 0 Å². The van der Waals surface area contributed by atoms with E-state index < -0.39 is 0 Å². The van der Waals surface area contributed by atoms with Crippen LogP contribution in [0.4, 0.5) is 0 Å². The Balaban J connectivity index is 2.36. The molecule has 2 rings (SSSR count). The Morgan fingerprint density at radius 1 is 1.24 bits per heavy atom. The van der Waals surface area contributed by atoms with Gasteiger partial charge in [0.25, 0.3) is 0 Å². The van der Waals surface area contributed by atoms with E-state index in [9.17, 15) is 5.11 Å². The van der Waals surface area contributed by atoms with Crippen molar-refractivity contribution in [3.8, 4) is 0 Å². The predicted molar refractivity (Wildman–Crippen MR) is 104 cm³/mol. The number of allylic oxidation sites excluding steroid dienone is 4. The molecule has 0 fully saturated rings. The topological polar surface area (TPSA) is 50.9 Å². The van der Waals surface area contributed by atoms with Gasteiger partial charge in [-0.25, -0.2) is 0 Å². The number of benzene rings is 1. The van der Waals surface area contributed by atoms with Crippen LogP contribution < -0.4 is 0 Å².